The largest absolute Gasteiger partial charge is 0.282 e. The van der Waals surface area contributed by atoms with Crippen LogP contribution in [0.25, 0.3) is 10.6 Å². The third-order valence-electron chi connectivity index (χ3n) is 3.05. The molecule has 0 radical (unpaired) electrons. The molecule has 0 amide bonds. The predicted octanol–water partition coefficient (Wildman–Crippen LogP) is 2.69. The van der Waals surface area contributed by atoms with E-state index in [1.54, 1.807) is 18.5 Å². The predicted molar refractivity (Wildman–Crippen MR) is 87.5 cm³/mol. The van der Waals surface area contributed by atoms with Crippen LogP contribution in [0.3, 0.4) is 0 Å². The Labute approximate surface area is 136 Å². The summed E-state index contributed by atoms with van der Waals surface area (Å²) in [6.45, 7) is 3.90. The summed E-state index contributed by atoms with van der Waals surface area (Å²) in [6.07, 6.45) is 0. The molecule has 3 aromatic rings. The zero-order valence-electron chi connectivity index (χ0n) is 12.0. The van der Waals surface area contributed by atoms with Crippen LogP contribution in [0.4, 0.5) is 0 Å². The summed E-state index contributed by atoms with van der Waals surface area (Å²) >= 11 is 2.85. The molecular weight excluding hydrogens is 340 g/mol. The van der Waals surface area contributed by atoms with Gasteiger partial charge in [-0.2, -0.15) is 5.10 Å². The second-order valence-corrected chi connectivity index (χ2v) is 8.48. The summed E-state index contributed by atoms with van der Waals surface area (Å²) < 4.78 is 27.5. The number of rotatable bonds is 5. The standard InChI is InChI=1S/C13H14N4O2S3/c1-8-3-11(17-16-8)12-4-13(9(2)21-12)22(18,19)15-5-10-6-20-7-14-10/h3-4,6-7,15H,5H2,1-2H3,(H,16,17). The number of hydrogen-bond donors (Lipinski definition) is 2. The van der Waals surface area contributed by atoms with Crippen LogP contribution in [0.15, 0.2) is 27.9 Å². The molecule has 9 heteroatoms. The summed E-state index contributed by atoms with van der Waals surface area (Å²) in [6, 6.07) is 3.56. The monoisotopic (exact) mass is 354 g/mol. The Hall–Kier alpha value is -1.55. The van der Waals surface area contributed by atoms with Crippen LogP contribution in [-0.2, 0) is 16.6 Å². The average molecular weight is 354 g/mol. The molecule has 0 bridgehead atoms. The van der Waals surface area contributed by atoms with Crippen molar-refractivity contribution in [3.05, 3.63) is 39.3 Å². The number of H-pyrrole nitrogens is 1. The first-order valence-electron chi connectivity index (χ1n) is 6.45. The number of hydrogen-bond acceptors (Lipinski definition) is 6. The maximum Gasteiger partial charge on any atom is 0.242 e. The van der Waals surface area contributed by atoms with E-state index in [2.05, 4.69) is 19.9 Å². The summed E-state index contributed by atoms with van der Waals surface area (Å²) in [5.74, 6) is 0. The van der Waals surface area contributed by atoms with E-state index >= 15 is 0 Å². The van der Waals surface area contributed by atoms with Crippen LogP contribution in [0, 0.1) is 13.8 Å². The van der Waals surface area contributed by atoms with Gasteiger partial charge in [-0.15, -0.1) is 22.7 Å². The van der Waals surface area contributed by atoms with Gasteiger partial charge in [0.2, 0.25) is 10.0 Å². The fourth-order valence-electron chi connectivity index (χ4n) is 1.97. The van der Waals surface area contributed by atoms with Gasteiger partial charge < -0.3 is 0 Å². The quantitative estimate of drug-likeness (QED) is 0.737. The van der Waals surface area contributed by atoms with Gasteiger partial charge in [0, 0.05) is 16.0 Å². The lowest BCUT2D eigenvalue weighted by Crippen LogP contribution is -2.23. The topological polar surface area (TPSA) is 87.7 Å². The zero-order chi connectivity index (χ0) is 15.7. The smallest absolute Gasteiger partial charge is 0.242 e. The van der Waals surface area contributed by atoms with Crippen molar-refractivity contribution in [2.75, 3.05) is 0 Å². The van der Waals surface area contributed by atoms with E-state index in [-0.39, 0.29) is 6.54 Å². The number of nitrogens with zero attached hydrogens (tertiary/aromatic N) is 2. The molecule has 0 aromatic carbocycles. The van der Waals surface area contributed by atoms with E-state index in [1.165, 1.54) is 22.7 Å². The highest BCUT2D eigenvalue weighted by molar-refractivity contribution is 7.89. The van der Waals surface area contributed by atoms with Crippen molar-refractivity contribution in [2.45, 2.75) is 25.3 Å². The Kier molecular flexibility index (Phi) is 4.13. The lowest BCUT2D eigenvalue weighted by Gasteiger charge is -2.04. The van der Waals surface area contributed by atoms with Crippen molar-refractivity contribution < 1.29 is 8.42 Å². The Morgan fingerprint density at radius 2 is 2.14 bits per heavy atom. The van der Waals surface area contributed by atoms with Gasteiger partial charge >= 0.3 is 0 Å². The number of aromatic nitrogens is 3. The van der Waals surface area contributed by atoms with E-state index in [4.69, 9.17) is 0 Å². The van der Waals surface area contributed by atoms with E-state index in [1.807, 2.05) is 18.4 Å². The van der Waals surface area contributed by atoms with Crippen molar-refractivity contribution in [3.63, 3.8) is 0 Å². The summed E-state index contributed by atoms with van der Waals surface area (Å²) in [5.41, 5.74) is 4.08. The number of sulfonamides is 1. The Bertz CT molecular complexity index is 878. The molecule has 0 aliphatic carbocycles. The number of thiazole rings is 1. The van der Waals surface area contributed by atoms with Crippen LogP contribution < -0.4 is 4.72 Å². The molecule has 3 rings (SSSR count). The lowest BCUT2D eigenvalue weighted by molar-refractivity contribution is 0.580. The molecule has 2 N–H and O–H groups in total. The van der Waals surface area contributed by atoms with Gasteiger partial charge in [-0.1, -0.05) is 0 Å². The zero-order valence-corrected chi connectivity index (χ0v) is 14.4. The highest BCUT2D eigenvalue weighted by Gasteiger charge is 2.21. The van der Waals surface area contributed by atoms with E-state index in [0.29, 0.717) is 10.6 Å². The van der Waals surface area contributed by atoms with Crippen LogP contribution in [0.2, 0.25) is 0 Å². The molecule has 3 aromatic heterocycles. The molecule has 0 saturated heterocycles. The van der Waals surface area contributed by atoms with Gasteiger partial charge in [-0.25, -0.2) is 18.1 Å². The fourth-order valence-corrected chi connectivity index (χ4v) is 5.08. The second-order valence-electron chi connectivity index (χ2n) is 4.77. The molecule has 116 valence electrons. The number of aryl methyl sites for hydroxylation is 2. The number of nitrogens with one attached hydrogen (secondary N) is 2. The van der Waals surface area contributed by atoms with Crippen LogP contribution >= 0.6 is 22.7 Å². The maximum absolute atomic E-state index is 12.4. The number of thiophene rings is 1. The van der Waals surface area contributed by atoms with Gasteiger partial charge in [-0.3, -0.25) is 5.10 Å². The highest BCUT2D eigenvalue weighted by Crippen LogP contribution is 2.32. The molecule has 0 aliphatic rings. The lowest BCUT2D eigenvalue weighted by atomic mass is 10.3. The number of aromatic amines is 1. The molecule has 0 fully saturated rings. The van der Waals surface area contributed by atoms with Crippen molar-refractivity contribution in [3.8, 4) is 10.6 Å². The van der Waals surface area contributed by atoms with Crippen LogP contribution in [0.1, 0.15) is 16.3 Å². The van der Waals surface area contributed by atoms with Crippen molar-refractivity contribution in [1.29, 1.82) is 0 Å². The second kappa shape index (κ2) is 5.92. The average Bonchev–Trinajstić information content (AvgIpc) is 3.17. The first-order valence-corrected chi connectivity index (χ1v) is 9.69. The van der Waals surface area contributed by atoms with Gasteiger partial charge in [0.25, 0.3) is 0 Å². The molecular formula is C13H14N4O2S3. The van der Waals surface area contributed by atoms with E-state index < -0.39 is 10.0 Å². The van der Waals surface area contributed by atoms with Crippen LogP contribution in [0.5, 0.6) is 0 Å². The summed E-state index contributed by atoms with van der Waals surface area (Å²) in [5, 5.41) is 8.85. The molecule has 0 saturated carbocycles. The minimum atomic E-state index is -3.56. The molecule has 0 atom stereocenters. The van der Waals surface area contributed by atoms with E-state index in [0.717, 1.165) is 21.1 Å². The highest BCUT2D eigenvalue weighted by atomic mass is 32.2. The minimum absolute atomic E-state index is 0.192. The Morgan fingerprint density at radius 1 is 1.32 bits per heavy atom. The Morgan fingerprint density at radius 3 is 2.77 bits per heavy atom. The first-order chi connectivity index (χ1) is 10.5. The van der Waals surface area contributed by atoms with Crippen molar-refractivity contribution in [1.82, 2.24) is 19.9 Å². The molecule has 0 unspecified atom stereocenters. The van der Waals surface area contributed by atoms with Gasteiger partial charge in [0.05, 0.1) is 27.5 Å². The SMILES string of the molecule is Cc1cc(-c2cc(S(=O)(=O)NCc3cscn3)c(C)s2)n[nH]1. The maximum atomic E-state index is 12.4. The fraction of sp³-hybridized carbons (Fsp3) is 0.231. The molecule has 3 heterocycles. The Balaban J connectivity index is 1.86. The minimum Gasteiger partial charge on any atom is -0.282 e. The molecule has 0 spiro atoms. The normalized spacial score (nSPS) is 11.9. The van der Waals surface area contributed by atoms with Gasteiger partial charge in [0.15, 0.2) is 0 Å². The van der Waals surface area contributed by atoms with Crippen LogP contribution in [-0.4, -0.2) is 23.6 Å². The van der Waals surface area contributed by atoms with Crippen molar-refractivity contribution >= 4 is 32.7 Å². The molecule has 0 aliphatic heterocycles. The third kappa shape index (κ3) is 3.12. The van der Waals surface area contributed by atoms with Crippen molar-refractivity contribution in [2.24, 2.45) is 0 Å². The van der Waals surface area contributed by atoms with Gasteiger partial charge in [0.1, 0.15) is 5.69 Å². The summed E-state index contributed by atoms with van der Waals surface area (Å²) in [7, 11) is -3.56. The summed E-state index contributed by atoms with van der Waals surface area (Å²) in [4.78, 5) is 5.93. The molecule has 22 heavy (non-hydrogen) atoms. The third-order valence-corrected chi connectivity index (χ3v) is 6.41. The van der Waals surface area contributed by atoms with E-state index in [9.17, 15) is 8.42 Å². The van der Waals surface area contributed by atoms with Gasteiger partial charge in [-0.05, 0) is 26.0 Å². The first kappa shape index (κ1) is 15.3. The molecule has 6 nitrogen and oxygen atoms in total.